The Morgan fingerprint density at radius 1 is 1.12 bits per heavy atom. The molecule has 1 amide bonds. The van der Waals surface area contributed by atoms with Crippen LogP contribution in [0.5, 0.6) is 0 Å². The summed E-state index contributed by atoms with van der Waals surface area (Å²) in [7, 11) is 1.34. The highest BCUT2D eigenvalue weighted by Crippen LogP contribution is 2.26. The van der Waals surface area contributed by atoms with Gasteiger partial charge in [-0.3, -0.25) is 4.79 Å². The monoisotopic (exact) mass is 324 g/mol. The van der Waals surface area contributed by atoms with Gasteiger partial charge in [-0.25, -0.2) is 4.79 Å². The van der Waals surface area contributed by atoms with Gasteiger partial charge in [-0.15, -0.1) is 0 Å². The molecule has 24 heavy (non-hydrogen) atoms. The molecular formula is C19H20N2O3. The number of para-hydroxylation sites is 1. The van der Waals surface area contributed by atoms with Gasteiger partial charge in [0.25, 0.3) is 0 Å². The summed E-state index contributed by atoms with van der Waals surface area (Å²) in [4.78, 5) is 25.8. The molecule has 1 aliphatic heterocycles. The van der Waals surface area contributed by atoms with E-state index in [1.54, 1.807) is 24.3 Å². The molecule has 0 saturated heterocycles. The van der Waals surface area contributed by atoms with Gasteiger partial charge < -0.3 is 15.0 Å². The molecule has 1 N–H and O–H groups in total. The SMILES string of the molecule is COC(=O)c1ccc(NC(=O)CN2CCCc3ccccc32)cc1. The van der Waals surface area contributed by atoms with E-state index in [1.807, 2.05) is 12.1 Å². The molecule has 3 rings (SSSR count). The zero-order chi connectivity index (χ0) is 16.9. The predicted molar refractivity (Wildman–Crippen MR) is 93.4 cm³/mol. The number of hydrogen-bond acceptors (Lipinski definition) is 4. The van der Waals surface area contributed by atoms with E-state index in [2.05, 4.69) is 27.1 Å². The molecule has 5 heteroatoms. The number of anilines is 2. The van der Waals surface area contributed by atoms with Crippen LogP contribution in [0.25, 0.3) is 0 Å². The van der Waals surface area contributed by atoms with Crippen molar-refractivity contribution in [2.75, 3.05) is 30.4 Å². The van der Waals surface area contributed by atoms with Crippen molar-refractivity contribution in [2.45, 2.75) is 12.8 Å². The van der Waals surface area contributed by atoms with Gasteiger partial charge in [-0.05, 0) is 48.7 Å². The zero-order valence-corrected chi connectivity index (χ0v) is 13.6. The maximum absolute atomic E-state index is 12.3. The first-order valence-corrected chi connectivity index (χ1v) is 7.98. The third-order valence-electron chi connectivity index (χ3n) is 4.13. The fraction of sp³-hybridized carbons (Fsp3) is 0.263. The van der Waals surface area contributed by atoms with E-state index in [0.29, 0.717) is 17.8 Å². The topological polar surface area (TPSA) is 58.6 Å². The Morgan fingerprint density at radius 3 is 2.62 bits per heavy atom. The maximum Gasteiger partial charge on any atom is 0.337 e. The fourth-order valence-corrected chi connectivity index (χ4v) is 2.96. The molecule has 2 aromatic carbocycles. The Balaban J connectivity index is 1.63. The van der Waals surface area contributed by atoms with Gasteiger partial charge in [-0.2, -0.15) is 0 Å². The van der Waals surface area contributed by atoms with E-state index in [9.17, 15) is 9.59 Å². The lowest BCUT2D eigenvalue weighted by molar-refractivity contribution is -0.115. The molecule has 0 aromatic heterocycles. The summed E-state index contributed by atoms with van der Waals surface area (Å²) in [5.41, 5.74) is 3.55. The Hall–Kier alpha value is -2.82. The fourth-order valence-electron chi connectivity index (χ4n) is 2.96. The second-order valence-electron chi connectivity index (χ2n) is 5.77. The molecule has 0 radical (unpaired) electrons. The normalized spacial score (nSPS) is 13.1. The van der Waals surface area contributed by atoms with Crippen molar-refractivity contribution < 1.29 is 14.3 Å². The molecule has 0 spiro atoms. The number of rotatable bonds is 4. The predicted octanol–water partition coefficient (Wildman–Crippen LogP) is 2.86. The van der Waals surface area contributed by atoms with Crippen molar-refractivity contribution >= 4 is 23.3 Å². The first-order valence-electron chi connectivity index (χ1n) is 7.98. The summed E-state index contributed by atoms with van der Waals surface area (Å²) in [6.07, 6.45) is 2.11. The minimum Gasteiger partial charge on any atom is -0.465 e. The van der Waals surface area contributed by atoms with Gasteiger partial charge >= 0.3 is 5.97 Å². The van der Waals surface area contributed by atoms with Crippen molar-refractivity contribution in [1.82, 2.24) is 0 Å². The molecule has 0 atom stereocenters. The van der Waals surface area contributed by atoms with Crippen LogP contribution in [0.15, 0.2) is 48.5 Å². The highest BCUT2D eigenvalue weighted by molar-refractivity contribution is 5.95. The van der Waals surface area contributed by atoms with E-state index < -0.39 is 5.97 Å². The summed E-state index contributed by atoms with van der Waals surface area (Å²) >= 11 is 0. The lowest BCUT2D eigenvalue weighted by Gasteiger charge is -2.30. The molecule has 1 heterocycles. The van der Waals surface area contributed by atoms with Gasteiger partial charge in [0.2, 0.25) is 5.91 Å². The van der Waals surface area contributed by atoms with E-state index in [1.165, 1.54) is 12.7 Å². The molecule has 0 saturated carbocycles. The van der Waals surface area contributed by atoms with E-state index in [4.69, 9.17) is 0 Å². The van der Waals surface area contributed by atoms with Crippen LogP contribution in [0, 0.1) is 0 Å². The number of fused-ring (bicyclic) bond motifs is 1. The first kappa shape index (κ1) is 16.1. The molecule has 0 bridgehead atoms. The van der Waals surface area contributed by atoms with Crippen LogP contribution in [-0.2, 0) is 16.0 Å². The second-order valence-corrected chi connectivity index (χ2v) is 5.77. The Morgan fingerprint density at radius 2 is 1.88 bits per heavy atom. The number of methoxy groups -OCH3 is 1. The summed E-state index contributed by atoms with van der Waals surface area (Å²) in [5, 5.41) is 2.87. The van der Waals surface area contributed by atoms with Crippen LogP contribution in [0.1, 0.15) is 22.3 Å². The molecular weight excluding hydrogens is 304 g/mol. The standard InChI is InChI=1S/C19H20N2O3/c1-24-19(23)15-8-10-16(11-9-15)20-18(22)13-21-12-4-6-14-5-2-3-7-17(14)21/h2-3,5,7-11H,4,6,12-13H2,1H3,(H,20,22). The Labute approximate surface area is 141 Å². The number of carbonyl (C=O) groups excluding carboxylic acids is 2. The number of amides is 1. The number of nitrogens with zero attached hydrogens (tertiary/aromatic N) is 1. The van der Waals surface area contributed by atoms with E-state index in [0.717, 1.165) is 25.1 Å². The molecule has 2 aromatic rings. The summed E-state index contributed by atoms with van der Waals surface area (Å²) in [6.45, 7) is 1.20. The van der Waals surface area contributed by atoms with Crippen LogP contribution in [0.2, 0.25) is 0 Å². The van der Waals surface area contributed by atoms with Gasteiger partial charge in [0.1, 0.15) is 0 Å². The van der Waals surface area contributed by atoms with Crippen molar-refractivity contribution in [2.24, 2.45) is 0 Å². The smallest absolute Gasteiger partial charge is 0.337 e. The van der Waals surface area contributed by atoms with E-state index >= 15 is 0 Å². The Kier molecular flexibility index (Phi) is 4.79. The van der Waals surface area contributed by atoms with Crippen LogP contribution in [-0.4, -0.2) is 32.1 Å². The molecule has 1 aliphatic rings. The number of nitrogens with one attached hydrogen (secondary N) is 1. The molecule has 124 valence electrons. The zero-order valence-electron chi connectivity index (χ0n) is 13.6. The molecule has 0 aliphatic carbocycles. The highest BCUT2D eigenvalue weighted by Gasteiger charge is 2.18. The number of ether oxygens (including phenoxy) is 1. The van der Waals surface area contributed by atoms with Crippen LogP contribution < -0.4 is 10.2 Å². The van der Waals surface area contributed by atoms with Gasteiger partial charge in [0.05, 0.1) is 19.2 Å². The number of benzene rings is 2. The number of aryl methyl sites for hydroxylation is 1. The number of esters is 1. The van der Waals surface area contributed by atoms with Crippen LogP contribution >= 0.6 is 0 Å². The van der Waals surface area contributed by atoms with Gasteiger partial charge in [-0.1, -0.05) is 18.2 Å². The number of hydrogen-bond donors (Lipinski definition) is 1. The first-order chi connectivity index (χ1) is 11.7. The average molecular weight is 324 g/mol. The van der Waals surface area contributed by atoms with Crippen LogP contribution in [0.4, 0.5) is 11.4 Å². The van der Waals surface area contributed by atoms with Crippen molar-refractivity contribution in [3.8, 4) is 0 Å². The van der Waals surface area contributed by atoms with E-state index in [-0.39, 0.29) is 5.91 Å². The Bertz CT molecular complexity index is 741. The lowest BCUT2D eigenvalue weighted by Crippen LogP contribution is -2.36. The maximum atomic E-state index is 12.3. The van der Waals surface area contributed by atoms with Crippen LogP contribution in [0.3, 0.4) is 0 Å². The van der Waals surface area contributed by atoms with Crippen molar-refractivity contribution in [3.05, 3.63) is 59.7 Å². The lowest BCUT2D eigenvalue weighted by atomic mass is 10.0. The van der Waals surface area contributed by atoms with Gasteiger partial charge in [0.15, 0.2) is 0 Å². The second kappa shape index (κ2) is 7.17. The molecule has 0 unspecified atom stereocenters. The summed E-state index contributed by atoms with van der Waals surface area (Å²) in [6, 6.07) is 14.9. The molecule has 0 fully saturated rings. The number of carbonyl (C=O) groups is 2. The largest absolute Gasteiger partial charge is 0.465 e. The minimum absolute atomic E-state index is 0.0717. The highest BCUT2D eigenvalue weighted by atomic mass is 16.5. The third-order valence-corrected chi connectivity index (χ3v) is 4.13. The quantitative estimate of drug-likeness (QED) is 0.879. The molecule has 5 nitrogen and oxygen atoms in total. The van der Waals surface area contributed by atoms with Gasteiger partial charge in [0, 0.05) is 17.9 Å². The summed E-state index contributed by atoms with van der Waals surface area (Å²) in [5.74, 6) is -0.463. The average Bonchev–Trinajstić information content (AvgIpc) is 2.62. The van der Waals surface area contributed by atoms with Crippen molar-refractivity contribution in [1.29, 1.82) is 0 Å². The minimum atomic E-state index is -0.391. The summed E-state index contributed by atoms with van der Waals surface area (Å²) < 4.78 is 4.66. The van der Waals surface area contributed by atoms with Crippen molar-refractivity contribution in [3.63, 3.8) is 0 Å². The third kappa shape index (κ3) is 3.56.